The molecular weight excluding hydrogens is 344 g/mol. The number of amides is 2. The van der Waals surface area contributed by atoms with E-state index >= 15 is 0 Å². The molecule has 0 aliphatic carbocycles. The van der Waals surface area contributed by atoms with Gasteiger partial charge in [0, 0.05) is 17.6 Å². The third-order valence-corrected chi connectivity index (χ3v) is 3.68. The van der Waals surface area contributed by atoms with Crippen LogP contribution < -0.4 is 20.1 Å². The molecule has 0 bridgehead atoms. The van der Waals surface area contributed by atoms with E-state index in [2.05, 4.69) is 10.6 Å². The maximum atomic E-state index is 12.0. The van der Waals surface area contributed by atoms with Crippen LogP contribution in [-0.2, 0) is 16.0 Å². The lowest BCUT2D eigenvalue weighted by molar-refractivity contribution is -0.136. The number of anilines is 1. The minimum Gasteiger partial charge on any atom is -0.497 e. The third-order valence-electron chi connectivity index (χ3n) is 3.45. The second kappa shape index (κ2) is 8.94. The van der Waals surface area contributed by atoms with Crippen molar-refractivity contribution < 1.29 is 19.1 Å². The molecule has 0 aliphatic heterocycles. The first-order valence-electron chi connectivity index (χ1n) is 7.59. The van der Waals surface area contributed by atoms with Gasteiger partial charge in [-0.15, -0.1) is 0 Å². The number of carbonyl (C=O) groups excluding carboxylic acids is 2. The van der Waals surface area contributed by atoms with Crippen LogP contribution in [-0.4, -0.2) is 32.6 Å². The Morgan fingerprint density at radius 1 is 1.04 bits per heavy atom. The largest absolute Gasteiger partial charge is 0.497 e. The zero-order valence-electron chi connectivity index (χ0n) is 14.0. The Balaban J connectivity index is 1.91. The zero-order chi connectivity index (χ0) is 18.2. The number of hydrogen-bond acceptors (Lipinski definition) is 4. The maximum Gasteiger partial charge on any atom is 0.313 e. The first-order valence-corrected chi connectivity index (χ1v) is 7.97. The van der Waals surface area contributed by atoms with Crippen molar-refractivity contribution in [2.75, 3.05) is 26.1 Å². The molecule has 0 saturated carbocycles. The molecule has 0 saturated heterocycles. The van der Waals surface area contributed by atoms with Crippen LogP contribution in [0.1, 0.15) is 5.56 Å². The predicted octanol–water partition coefficient (Wildman–Crippen LogP) is 2.65. The van der Waals surface area contributed by atoms with E-state index in [1.165, 1.54) is 14.2 Å². The van der Waals surface area contributed by atoms with E-state index in [4.69, 9.17) is 21.1 Å². The summed E-state index contributed by atoms with van der Waals surface area (Å²) < 4.78 is 10.3. The summed E-state index contributed by atoms with van der Waals surface area (Å²) in [7, 11) is 2.98. The highest BCUT2D eigenvalue weighted by Crippen LogP contribution is 2.28. The smallest absolute Gasteiger partial charge is 0.313 e. The molecule has 0 fully saturated rings. The molecule has 2 aromatic rings. The SMILES string of the molecule is COc1ccc(OC)c(NC(=O)C(=O)NCCc2cccc(Cl)c2)c1. The van der Waals surface area contributed by atoms with E-state index in [0.29, 0.717) is 35.2 Å². The van der Waals surface area contributed by atoms with Crippen LogP contribution in [0.3, 0.4) is 0 Å². The standard InChI is InChI=1S/C18H19ClN2O4/c1-24-14-6-7-16(25-2)15(11-14)21-18(23)17(22)20-9-8-12-4-3-5-13(19)10-12/h3-7,10-11H,8-9H2,1-2H3,(H,20,22)(H,21,23). The molecule has 2 rings (SSSR count). The van der Waals surface area contributed by atoms with Crippen LogP contribution in [0.2, 0.25) is 5.02 Å². The molecule has 0 aliphatic rings. The van der Waals surface area contributed by atoms with Gasteiger partial charge in [-0.1, -0.05) is 23.7 Å². The Morgan fingerprint density at radius 2 is 1.84 bits per heavy atom. The van der Waals surface area contributed by atoms with E-state index in [0.717, 1.165) is 5.56 Å². The first-order chi connectivity index (χ1) is 12.0. The molecule has 2 N–H and O–H groups in total. The lowest BCUT2D eigenvalue weighted by Crippen LogP contribution is -2.36. The summed E-state index contributed by atoms with van der Waals surface area (Å²) in [6, 6.07) is 12.2. The minimum atomic E-state index is -0.780. The number of carbonyl (C=O) groups is 2. The van der Waals surface area contributed by atoms with E-state index in [9.17, 15) is 9.59 Å². The van der Waals surface area contributed by atoms with Crippen LogP contribution in [0.4, 0.5) is 5.69 Å². The molecule has 2 amide bonds. The number of benzene rings is 2. The van der Waals surface area contributed by atoms with Crippen molar-refractivity contribution in [2.24, 2.45) is 0 Å². The van der Waals surface area contributed by atoms with Gasteiger partial charge in [0.05, 0.1) is 19.9 Å². The van der Waals surface area contributed by atoms with Gasteiger partial charge in [-0.2, -0.15) is 0 Å². The molecule has 6 nitrogen and oxygen atoms in total. The summed E-state index contributed by atoms with van der Waals surface area (Å²) in [5.74, 6) is -0.539. The van der Waals surface area contributed by atoms with Gasteiger partial charge in [0.1, 0.15) is 11.5 Å². The Bertz CT molecular complexity index is 764. The van der Waals surface area contributed by atoms with Gasteiger partial charge in [0.15, 0.2) is 0 Å². The van der Waals surface area contributed by atoms with Crippen LogP contribution in [0, 0.1) is 0 Å². The highest BCUT2D eigenvalue weighted by atomic mass is 35.5. The first kappa shape index (κ1) is 18.6. The van der Waals surface area contributed by atoms with Crippen LogP contribution in [0.15, 0.2) is 42.5 Å². The van der Waals surface area contributed by atoms with Crippen molar-refractivity contribution in [2.45, 2.75) is 6.42 Å². The topological polar surface area (TPSA) is 76.7 Å². The number of nitrogens with one attached hydrogen (secondary N) is 2. The molecule has 7 heteroatoms. The lowest BCUT2D eigenvalue weighted by atomic mass is 10.1. The predicted molar refractivity (Wildman–Crippen MR) is 96.3 cm³/mol. The molecule has 0 unspecified atom stereocenters. The molecule has 2 aromatic carbocycles. The summed E-state index contributed by atoms with van der Waals surface area (Å²) in [6.07, 6.45) is 0.571. The van der Waals surface area contributed by atoms with Crippen LogP contribution in [0.5, 0.6) is 11.5 Å². The number of rotatable bonds is 6. The summed E-state index contributed by atoms with van der Waals surface area (Å²) in [4.78, 5) is 24.0. The molecule has 25 heavy (non-hydrogen) atoms. The summed E-state index contributed by atoms with van der Waals surface area (Å²) >= 11 is 5.91. The van der Waals surface area contributed by atoms with E-state index < -0.39 is 11.8 Å². The molecule has 132 valence electrons. The van der Waals surface area contributed by atoms with Gasteiger partial charge in [0.2, 0.25) is 0 Å². The average Bonchev–Trinajstić information content (AvgIpc) is 2.61. The summed E-state index contributed by atoms with van der Waals surface area (Å²) in [5.41, 5.74) is 1.33. The number of ether oxygens (including phenoxy) is 2. The maximum absolute atomic E-state index is 12.0. The van der Waals surface area contributed by atoms with Gasteiger partial charge in [-0.05, 0) is 36.2 Å². The highest BCUT2D eigenvalue weighted by Gasteiger charge is 2.16. The Morgan fingerprint density at radius 3 is 2.52 bits per heavy atom. The molecular formula is C18H19ClN2O4. The second-order valence-corrected chi connectivity index (χ2v) is 5.59. The fourth-order valence-electron chi connectivity index (χ4n) is 2.18. The third kappa shape index (κ3) is 5.39. The fourth-order valence-corrected chi connectivity index (χ4v) is 2.40. The second-order valence-electron chi connectivity index (χ2n) is 5.16. The lowest BCUT2D eigenvalue weighted by Gasteiger charge is -2.11. The van der Waals surface area contributed by atoms with E-state index in [1.807, 2.05) is 18.2 Å². The quantitative estimate of drug-likeness (QED) is 0.774. The van der Waals surface area contributed by atoms with Crippen molar-refractivity contribution in [1.82, 2.24) is 5.32 Å². The number of halogens is 1. The van der Waals surface area contributed by atoms with Gasteiger partial charge in [0.25, 0.3) is 0 Å². The zero-order valence-corrected chi connectivity index (χ0v) is 14.7. The van der Waals surface area contributed by atoms with Crippen LogP contribution in [0.25, 0.3) is 0 Å². The molecule has 0 spiro atoms. The Hall–Kier alpha value is -2.73. The molecule has 0 atom stereocenters. The van der Waals surface area contributed by atoms with Gasteiger partial charge >= 0.3 is 11.8 Å². The van der Waals surface area contributed by atoms with Crippen molar-refractivity contribution >= 4 is 29.1 Å². The molecule has 0 heterocycles. The fraction of sp³-hybridized carbons (Fsp3) is 0.222. The average molecular weight is 363 g/mol. The normalized spacial score (nSPS) is 10.0. The van der Waals surface area contributed by atoms with Gasteiger partial charge in [-0.25, -0.2) is 0 Å². The molecule has 0 radical (unpaired) electrons. The minimum absolute atomic E-state index is 0.321. The van der Waals surface area contributed by atoms with Crippen LogP contribution >= 0.6 is 11.6 Å². The Kier molecular flexibility index (Phi) is 6.65. The monoisotopic (exact) mass is 362 g/mol. The van der Waals surface area contributed by atoms with Gasteiger partial charge in [-0.3, -0.25) is 9.59 Å². The van der Waals surface area contributed by atoms with Crippen molar-refractivity contribution in [3.63, 3.8) is 0 Å². The summed E-state index contributed by atoms with van der Waals surface area (Å²) in [6.45, 7) is 0.321. The van der Waals surface area contributed by atoms with Crippen molar-refractivity contribution in [3.05, 3.63) is 53.1 Å². The number of methoxy groups -OCH3 is 2. The van der Waals surface area contributed by atoms with E-state index in [1.54, 1.807) is 24.3 Å². The highest BCUT2D eigenvalue weighted by molar-refractivity contribution is 6.39. The summed E-state index contributed by atoms with van der Waals surface area (Å²) in [5, 5.41) is 5.72. The Labute approximate surface area is 151 Å². The van der Waals surface area contributed by atoms with E-state index in [-0.39, 0.29) is 0 Å². The number of hydrogen-bond donors (Lipinski definition) is 2. The van der Waals surface area contributed by atoms with Crippen molar-refractivity contribution in [3.8, 4) is 11.5 Å². The van der Waals surface area contributed by atoms with Gasteiger partial charge < -0.3 is 20.1 Å². The molecule has 0 aromatic heterocycles. The van der Waals surface area contributed by atoms with Crippen molar-refractivity contribution in [1.29, 1.82) is 0 Å².